The van der Waals surface area contributed by atoms with E-state index in [4.69, 9.17) is 18.6 Å². The first kappa shape index (κ1) is 20.3. The predicted molar refractivity (Wildman–Crippen MR) is 109 cm³/mol. The van der Waals surface area contributed by atoms with Gasteiger partial charge in [0.25, 0.3) is 5.91 Å². The van der Waals surface area contributed by atoms with Crippen LogP contribution in [0, 0.1) is 13.8 Å². The fraction of sp³-hybridized carbons (Fsp3) is 0.273. The van der Waals surface area contributed by atoms with Crippen molar-refractivity contribution in [3.05, 3.63) is 53.3 Å². The lowest BCUT2D eigenvalue weighted by molar-refractivity contribution is -0.146. The van der Waals surface area contributed by atoms with Crippen LogP contribution in [0.1, 0.15) is 16.7 Å². The summed E-state index contributed by atoms with van der Waals surface area (Å²) in [4.78, 5) is 24.3. The predicted octanol–water partition coefficient (Wildman–Crippen LogP) is 3.79. The first-order valence-electron chi connectivity index (χ1n) is 9.06. The summed E-state index contributed by atoms with van der Waals surface area (Å²) in [5.74, 6) is 0.0664. The van der Waals surface area contributed by atoms with Crippen molar-refractivity contribution in [2.45, 2.75) is 20.3 Å². The van der Waals surface area contributed by atoms with Crippen molar-refractivity contribution < 1.29 is 28.2 Å². The van der Waals surface area contributed by atoms with Crippen LogP contribution in [-0.2, 0) is 20.7 Å². The number of nitrogens with one attached hydrogen (secondary N) is 1. The first-order chi connectivity index (χ1) is 13.9. The van der Waals surface area contributed by atoms with Gasteiger partial charge in [0.2, 0.25) is 0 Å². The van der Waals surface area contributed by atoms with E-state index in [0.29, 0.717) is 17.2 Å². The van der Waals surface area contributed by atoms with Crippen molar-refractivity contribution in [2.24, 2.45) is 0 Å². The van der Waals surface area contributed by atoms with E-state index < -0.39 is 18.5 Å². The zero-order valence-electron chi connectivity index (χ0n) is 16.8. The average molecular weight is 397 g/mol. The minimum absolute atomic E-state index is 0.0225. The smallest absolute Gasteiger partial charge is 0.310 e. The maximum absolute atomic E-state index is 12.2. The molecule has 1 N–H and O–H groups in total. The second-order valence-corrected chi connectivity index (χ2v) is 6.65. The van der Waals surface area contributed by atoms with E-state index in [1.165, 1.54) is 14.2 Å². The highest BCUT2D eigenvalue weighted by atomic mass is 16.5. The fourth-order valence-electron chi connectivity index (χ4n) is 2.91. The van der Waals surface area contributed by atoms with Crippen molar-refractivity contribution >= 4 is 28.5 Å². The van der Waals surface area contributed by atoms with E-state index in [9.17, 15) is 9.59 Å². The number of amides is 1. The third kappa shape index (κ3) is 4.68. The number of carbonyl (C=O) groups is 2. The minimum Gasteiger partial charge on any atom is -0.497 e. The number of hydrogen-bond acceptors (Lipinski definition) is 6. The zero-order valence-corrected chi connectivity index (χ0v) is 16.8. The largest absolute Gasteiger partial charge is 0.497 e. The Morgan fingerprint density at radius 3 is 2.52 bits per heavy atom. The Kier molecular flexibility index (Phi) is 6.07. The molecule has 0 radical (unpaired) electrons. The molecule has 3 rings (SSSR count). The molecule has 1 amide bonds. The molecule has 1 aromatic heterocycles. The van der Waals surface area contributed by atoms with E-state index >= 15 is 0 Å². The van der Waals surface area contributed by atoms with Gasteiger partial charge in [-0.3, -0.25) is 9.59 Å². The van der Waals surface area contributed by atoms with Crippen molar-refractivity contribution in [1.82, 2.24) is 0 Å². The highest BCUT2D eigenvalue weighted by Gasteiger charge is 2.15. The summed E-state index contributed by atoms with van der Waals surface area (Å²) >= 11 is 0. The molecule has 0 aliphatic carbocycles. The Balaban J connectivity index is 1.58. The quantitative estimate of drug-likeness (QED) is 0.611. The normalized spacial score (nSPS) is 10.6. The summed E-state index contributed by atoms with van der Waals surface area (Å²) in [6, 6.07) is 8.92. The monoisotopic (exact) mass is 397 g/mol. The molecule has 7 heteroatoms. The molecule has 0 bridgehead atoms. The Labute approximate surface area is 168 Å². The van der Waals surface area contributed by atoms with Gasteiger partial charge in [-0.1, -0.05) is 0 Å². The van der Waals surface area contributed by atoms with Crippen molar-refractivity contribution in [3.8, 4) is 11.5 Å². The molecule has 0 fully saturated rings. The lowest BCUT2D eigenvalue weighted by Gasteiger charge is -2.11. The standard InChI is InChI=1S/C22H23NO6/c1-13-7-17-15(11-28-19(17)8-14(13)2)9-22(25)29-12-21(24)23-18-6-5-16(26-3)10-20(18)27-4/h5-8,10-11H,9,12H2,1-4H3,(H,23,24). The number of fused-ring (bicyclic) bond motifs is 1. The number of ether oxygens (including phenoxy) is 3. The summed E-state index contributed by atoms with van der Waals surface area (Å²) < 4.78 is 21.0. The number of methoxy groups -OCH3 is 2. The molecule has 7 nitrogen and oxygen atoms in total. The van der Waals surface area contributed by atoms with Crippen LogP contribution in [0.15, 0.2) is 41.0 Å². The average Bonchev–Trinajstić information content (AvgIpc) is 3.08. The Bertz CT molecular complexity index is 1050. The molecule has 1 heterocycles. The van der Waals surface area contributed by atoms with Gasteiger partial charge in [0.15, 0.2) is 6.61 Å². The van der Waals surface area contributed by atoms with Crippen molar-refractivity contribution in [1.29, 1.82) is 0 Å². The third-order valence-corrected chi connectivity index (χ3v) is 4.65. The van der Waals surface area contributed by atoms with E-state index in [-0.39, 0.29) is 6.42 Å². The number of rotatable bonds is 7. The van der Waals surface area contributed by atoms with E-state index in [1.54, 1.807) is 24.5 Å². The maximum atomic E-state index is 12.2. The van der Waals surface area contributed by atoms with Gasteiger partial charge in [-0.2, -0.15) is 0 Å². The van der Waals surface area contributed by atoms with Crippen LogP contribution >= 0.6 is 0 Å². The van der Waals surface area contributed by atoms with Crippen LogP contribution < -0.4 is 14.8 Å². The highest BCUT2D eigenvalue weighted by molar-refractivity contribution is 5.94. The van der Waals surface area contributed by atoms with Gasteiger partial charge in [-0.15, -0.1) is 0 Å². The van der Waals surface area contributed by atoms with Gasteiger partial charge in [0.1, 0.15) is 17.1 Å². The molecular formula is C22H23NO6. The molecule has 0 atom stereocenters. The maximum Gasteiger partial charge on any atom is 0.310 e. The number of esters is 1. The lowest BCUT2D eigenvalue weighted by Crippen LogP contribution is -2.21. The minimum atomic E-state index is -0.511. The molecule has 29 heavy (non-hydrogen) atoms. The van der Waals surface area contributed by atoms with Gasteiger partial charge in [-0.05, 0) is 49.2 Å². The third-order valence-electron chi connectivity index (χ3n) is 4.65. The fourth-order valence-corrected chi connectivity index (χ4v) is 2.91. The van der Waals surface area contributed by atoms with Crippen molar-refractivity contribution in [3.63, 3.8) is 0 Å². The number of carbonyl (C=O) groups excluding carboxylic acids is 2. The lowest BCUT2D eigenvalue weighted by atomic mass is 10.0. The SMILES string of the molecule is COc1ccc(NC(=O)COC(=O)Cc2coc3cc(C)c(C)cc23)c(OC)c1. The second kappa shape index (κ2) is 8.68. The Morgan fingerprint density at radius 2 is 1.79 bits per heavy atom. The van der Waals surface area contributed by atoms with Gasteiger partial charge in [0.05, 0.1) is 32.6 Å². The summed E-state index contributed by atoms with van der Waals surface area (Å²) in [7, 11) is 3.03. The molecule has 3 aromatic rings. The molecule has 0 saturated heterocycles. The molecule has 0 unspecified atom stereocenters. The number of furan rings is 1. The van der Waals surface area contributed by atoms with Gasteiger partial charge in [0, 0.05) is 17.0 Å². The summed E-state index contributed by atoms with van der Waals surface area (Å²) in [6.45, 7) is 3.60. The summed E-state index contributed by atoms with van der Waals surface area (Å²) in [6.07, 6.45) is 1.57. The molecule has 152 valence electrons. The van der Waals surface area contributed by atoms with Gasteiger partial charge in [-0.25, -0.2) is 0 Å². The van der Waals surface area contributed by atoms with Crippen LogP contribution in [-0.4, -0.2) is 32.7 Å². The van der Waals surface area contributed by atoms with Crippen molar-refractivity contribution in [2.75, 3.05) is 26.1 Å². The highest BCUT2D eigenvalue weighted by Crippen LogP contribution is 2.29. The van der Waals surface area contributed by atoms with E-state index in [2.05, 4.69) is 5.32 Å². The van der Waals surface area contributed by atoms with E-state index in [0.717, 1.165) is 27.7 Å². The second-order valence-electron chi connectivity index (χ2n) is 6.65. The molecule has 0 aliphatic rings. The first-order valence-corrected chi connectivity index (χ1v) is 9.06. The molecule has 0 spiro atoms. The van der Waals surface area contributed by atoms with Crippen LogP contribution in [0.5, 0.6) is 11.5 Å². The summed E-state index contributed by atoms with van der Waals surface area (Å²) in [5, 5.41) is 3.53. The number of anilines is 1. The van der Waals surface area contributed by atoms with Crippen LogP contribution in [0.25, 0.3) is 11.0 Å². The molecule has 0 saturated carbocycles. The van der Waals surface area contributed by atoms with E-state index in [1.807, 2.05) is 26.0 Å². The number of aryl methyl sites for hydroxylation is 2. The molecular weight excluding hydrogens is 374 g/mol. The van der Waals surface area contributed by atoms with Gasteiger partial charge < -0.3 is 23.9 Å². The topological polar surface area (TPSA) is 87.0 Å². The Hall–Kier alpha value is -3.48. The van der Waals surface area contributed by atoms with Crippen LogP contribution in [0.2, 0.25) is 0 Å². The van der Waals surface area contributed by atoms with Crippen LogP contribution in [0.4, 0.5) is 5.69 Å². The zero-order chi connectivity index (χ0) is 21.0. The number of benzene rings is 2. The molecule has 0 aliphatic heterocycles. The Morgan fingerprint density at radius 1 is 1.03 bits per heavy atom. The van der Waals surface area contributed by atoms with Gasteiger partial charge >= 0.3 is 5.97 Å². The summed E-state index contributed by atoms with van der Waals surface area (Å²) in [5.41, 5.74) is 4.14. The number of hydrogen-bond donors (Lipinski definition) is 1. The van der Waals surface area contributed by atoms with Crippen LogP contribution in [0.3, 0.4) is 0 Å². The molecule has 2 aromatic carbocycles.